The van der Waals surface area contributed by atoms with Gasteiger partial charge in [0, 0.05) is 5.69 Å². The molecule has 0 saturated carbocycles. The van der Waals surface area contributed by atoms with Gasteiger partial charge in [-0.05, 0) is 36.6 Å². The van der Waals surface area contributed by atoms with Gasteiger partial charge in [-0.2, -0.15) is 5.26 Å². The summed E-state index contributed by atoms with van der Waals surface area (Å²) in [5.74, 6) is -0.912. The molecule has 0 radical (unpaired) electrons. The summed E-state index contributed by atoms with van der Waals surface area (Å²) in [5, 5.41) is 11.7. The number of carbonyl (C=O) groups excluding carboxylic acids is 2. The maximum Gasteiger partial charge on any atom is 0.307 e. The van der Waals surface area contributed by atoms with Gasteiger partial charge in [0.25, 0.3) is 5.91 Å². The summed E-state index contributed by atoms with van der Waals surface area (Å²) in [6, 6.07) is 16.1. The number of benzene rings is 2. The van der Waals surface area contributed by atoms with Crippen molar-refractivity contribution in [2.24, 2.45) is 0 Å². The number of esters is 1. The number of halogens is 1. The lowest BCUT2D eigenvalue weighted by Crippen LogP contribution is -2.30. The fourth-order valence-electron chi connectivity index (χ4n) is 2.38. The van der Waals surface area contributed by atoms with E-state index >= 15 is 0 Å². The molecule has 2 aromatic carbocycles. The summed E-state index contributed by atoms with van der Waals surface area (Å²) in [6.45, 7) is 3.44. The molecule has 0 unspecified atom stereocenters. The highest BCUT2D eigenvalue weighted by molar-refractivity contribution is 6.32. The smallest absolute Gasteiger partial charge is 0.307 e. The van der Waals surface area contributed by atoms with E-state index in [9.17, 15) is 9.59 Å². The Labute approximate surface area is 157 Å². The number of anilines is 1. The van der Waals surface area contributed by atoms with Crippen molar-refractivity contribution < 1.29 is 14.3 Å². The van der Waals surface area contributed by atoms with Crippen molar-refractivity contribution in [1.82, 2.24) is 0 Å². The van der Waals surface area contributed by atoms with Crippen LogP contribution in [0.1, 0.15) is 37.3 Å². The molecule has 0 aliphatic rings. The summed E-state index contributed by atoms with van der Waals surface area (Å²) >= 11 is 5.93. The largest absolute Gasteiger partial charge is 0.453 e. The molecule has 2 rings (SSSR count). The van der Waals surface area contributed by atoms with Crippen molar-refractivity contribution >= 4 is 29.2 Å². The van der Waals surface area contributed by atoms with Crippen LogP contribution in [0, 0.1) is 11.3 Å². The highest BCUT2D eigenvalue weighted by Gasteiger charge is 2.20. The number of nitrogens with one attached hydrogen (secondary N) is 1. The topological polar surface area (TPSA) is 79.2 Å². The van der Waals surface area contributed by atoms with Gasteiger partial charge in [-0.25, -0.2) is 0 Å². The van der Waals surface area contributed by atoms with Crippen molar-refractivity contribution in [3.63, 3.8) is 0 Å². The van der Waals surface area contributed by atoms with Gasteiger partial charge in [0.2, 0.25) is 0 Å². The highest BCUT2D eigenvalue weighted by Crippen LogP contribution is 2.21. The van der Waals surface area contributed by atoms with Crippen LogP contribution in [-0.4, -0.2) is 18.0 Å². The van der Waals surface area contributed by atoms with Crippen molar-refractivity contribution in [3.05, 3.63) is 64.7 Å². The lowest BCUT2D eigenvalue weighted by molar-refractivity contribution is -0.153. The molecule has 0 fully saturated rings. The zero-order valence-corrected chi connectivity index (χ0v) is 15.3. The van der Waals surface area contributed by atoms with Gasteiger partial charge in [0.1, 0.15) is 6.07 Å². The fourth-order valence-corrected chi connectivity index (χ4v) is 2.60. The van der Waals surface area contributed by atoms with Gasteiger partial charge < -0.3 is 10.1 Å². The highest BCUT2D eigenvalue weighted by atomic mass is 35.5. The molecule has 6 heteroatoms. The van der Waals surface area contributed by atoms with E-state index in [1.807, 2.05) is 43.3 Å². The zero-order chi connectivity index (χ0) is 19.1. The molecule has 0 saturated heterocycles. The normalized spacial score (nSPS) is 12.5. The number of nitriles is 1. The Hall–Kier alpha value is -2.84. The maximum absolute atomic E-state index is 12.2. The van der Waals surface area contributed by atoms with E-state index < -0.39 is 18.0 Å². The van der Waals surface area contributed by atoms with E-state index in [0.717, 1.165) is 5.56 Å². The van der Waals surface area contributed by atoms with Gasteiger partial charge in [-0.15, -0.1) is 0 Å². The van der Waals surface area contributed by atoms with E-state index in [0.29, 0.717) is 11.3 Å². The molecule has 134 valence electrons. The first-order valence-corrected chi connectivity index (χ1v) is 8.53. The van der Waals surface area contributed by atoms with Crippen molar-refractivity contribution in [2.75, 3.05) is 5.32 Å². The summed E-state index contributed by atoms with van der Waals surface area (Å²) in [6.07, 6.45) is -0.760. The average Bonchev–Trinajstić information content (AvgIpc) is 2.62. The first kappa shape index (κ1) is 19.5. The van der Waals surface area contributed by atoms with Gasteiger partial charge in [-0.1, -0.05) is 48.9 Å². The molecular weight excluding hydrogens is 352 g/mol. The second kappa shape index (κ2) is 9.02. The standard InChI is InChI=1S/C20H19ClN2O3/c1-13(15-6-4-3-5-7-15)10-19(24)26-14(2)20(25)23-17-9-8-16(12-22)18(21)11-17/h3-9,11,13-14H,10H2,1-2H3,(H,23,25)/t13-,14+/m0/s1. The third-order valence-electron chi connectivity index (χ3n) is 3.88. The van der Waals surface area contributed by atoms with E-state index in [2.05, 4.69) is 5.32 Å². The predicted molar refractivity (Wildman–Crippen MR) is 99.8 cm³/mol. The molecule has 0 aliphatic carbocycles. The number of amides is 1. The molecule has 0 spiro atoms. The molecule has 0 aliphatic heterocycles. The van der Waals surface area contributed by atoms with Crippen LogP contribution in [0.2, 0.25) is 5.02 Å². The van der Waals surface area contributed by atoms with Crippen molar-refractivity contribution in [3.8, 4) is 6.07 Å². The molecular formula is C20H19ClN2O3. The fraction of sp³-hybridized carbons (Fsp3) is 0.250. The Morgan fingerprint density at radius 2 is 1.88 bits per heavy atom. The number of ether oxygens (including phenoxy) is 1. The number of carbonyl (C=O) groups is 2. The lowest BCUT2D eigenvalue weighted by atomic mass is 9.98. The summed E-state index contributed by atoms with van der Waals surface area (Å²) in [7, 11) is 0. The number of hydrogen-bond donors (Lipinski definition) is 1. The minimum atomic E-state index is -0.945. The molecule has 26 heavy (non-hydrogen) atoms. The minimum absolute atomic E-state index is 0.00343. The number of rotatable bonds is 6. The van der Waals surface area contributed by atoms with Crippen LogP contribution in [-0.2, 0) is 14.3 Å². The van der Waals surface area contributed by atoms with Gasteiger partial charge in [0.15, 0.2) is 6.10 Å². The Kier molecular flexibility index (Phi) is 6.76. The lowest BCUT2D eigenvalue weighted by Gasteiger charge is -2.16. The molecule has 0 aromatic heterocycles. The van der Waals surface area contributed by atoms with Gasteiger partial charge >= 0.3 is 5.97 Å². The number of nitrogens with zero attached hydrogens (tertiary/aromatic N) is 1. The van der Waals surface area contributed by atoms with Crippen LogP contribution in [0.25, 0.3) is 0 Å². The summed E-state index contributed by atoms with van der Waals surface area (Å²) < 4.78 is 5.22. The third-order valence-corrected chi connectivity index (χ3v) is 4.19. The second-order valence-electron chi connectivity index (χ2n) is 5.94. The number of hydrogen-bond acceptors (Lipinski definition) is 4. The Morgan fingerprint density at radius 1 is 1.19 bits per heavy atom. The first-order chi connectivity index (χ1) is 12.4. The van der Waals surface area contributed by atoms with E-state index in [1.165, 1.54) is 19.1 Å². The van der Waals surface area contributed by atoms with Gasteiger partial charge in [0.05, 0.1) is 17.0 Å². The average molecular weight is 371 g/mol. The van der Waals surface area contributed by atoms with Crippen LogP contribution < -0.4 is 5.32 Å². The molecule has 2 atom stereocenters. The third kappa shape index (κ3) is 5.33. The quantitative estimate of drug-likeness (QED) is 0.770. The predicted octanol–water partition coefficient (Wildman–Crippen LogP) is 4.28. The van der Waals surface area contributed by atoms with Crippen LogP contribution in [0.4, 0.5) is 5.69 Å². The van der Waals surface area contributed by atoms with Crippen LogP contribution in [0.15, 0.2) is 48.5 Å². The summed E-state index contributed by atoms with van der Waals surface area (Å²) in [4.78, 5) is 24.2. The molecule has 0 heterocycles. The maximum atomic E-state index is 12.2. The van der Waals surface area contributed by atoms with Crippen molar-refractivity contribution in [1.29, 1.82) is 5.26 Å². The SMILES string of the molecule is C[C@@H](OC(=O)C[C@H](C)c1ccccc1)C(=O)Nc1ccc(C#N)c(Cl)c1. The van der Waals surface area contributed by atoms with Gasteiger partial charge in [-0.3, -0.25) is 9.59 Å². The Morgan fingerprint density at radius 3 is 2.50 bits per heavy atom. The summed E-state index contributed by atoms with van der Waals surface area (Å²) in [5.41, 5.74) is 1.78. The molecule has 1 N–H and O–H groups in total. The van der Waals surface area contributed by atoms with Crippen LogP contribution in [0.5, 0.6) is 0 Å². The molecule has 1 amide bonds. The van der Waals surface area contributed by atoms with E-state index in [-0.39, 0.29) is 17.4 Å². The van der Waals surface area contributed by atoms with E-state index in [1.54, 1.807) is 6.07 Å². The Bertz CT molecular complexity index is 831. The molecule has 5 nitrogen and oxygen atoms in total. The first-order valence-electron chi connectivity index (χ1n) is 8.15. The van der Waals surface area contributed by atoms with Crippen LogP contribution >= 0.6 is 11.6 Å². The second-order valence-corrected chi connectivity index (χ2v) is 6.35. The minimum Gasteiger partial charge on any atom is -0.453 e. The van der Waals surface area contributed by atoms with E-state index in [4.69, 9.17) is 21.6 Å². The molecule has 2 aromatic rings. The molecule has 0 bridgehead atoms. The Balaban J connectivity index is 1.89. The van der Waals surface area contributed by atoms with Crippen LogP contribution in [0.3, 0.4) is 0 Å². The zero-order valence-electron chi connectivity index (χ0n) is 14.5. The van der Waals surface area contributed by atoms with Crippen molar-refractivity contribution in [2.45, 2.75) is 32.3 Å². The monoisotopic (exact) mass is 370 g/mol.